The van der Waals surface area contributed by atoms with E-state index in [9.17, 15) is 14.4 Å². The second-order valence-electron chi connectivity index (χ2n) is 3.91. The van der Waals surface area contributed by atoms with Crippen molar-refractivity contribution in [3.8, 4) is 0 Å². The fourth-order valence-electron chi connectivity index (χ4n) is 1.15. The average molecular weight is 246 g/mol. The van der Waals surface area contributed by atoms with Crippen molar-refractivity contribution in [3.05, 3.63) is 0 Å². The zero-order valence-electron chi connectivity index (χ0n) is 9.68. The van der Waals surface area contributed by atoms with E-state index in [0.29, 0.717) is 6.42 Å². The number of aliphatic carboxylic acids is 2. The molecular weight excluding hydrogens is 228 g/mol. The van der Waals surface area contributed by atoms with Crippen molar-refractivity contribution in [2.24, 2.45) is 5.73 Å². The summed E-state index contributed by atoms with van der Waals surface area (Å²) in [5, 5.41) is 19.5. The first-order valence-corrected chi connectivity index (χ1v) is 5.32. The van der Waals surface area contributed by atoms with Gasteiger partial charge in [-0.05, 0) is 19.8 Å². The van der Waals surface area contributed by atoms with E-state index < -0.39 is 23.9 Å². The molecule has 2 atom stereocenters. The lowest BCUT2D eigenvalue weighted by Gasteiger charge is -2.13. The van der Waals surface area contributed by atoms with Crippen molar-refractivity contribution < 1.29 is 24.6 Å². The molecule has 0 rings (SSSR count). The van der Waals surface area contributed by atoms with E-state index in [2.05, 4.69) is 5.32 Å². The minimum Gasteiger partial charge on any atom is -0.481 e. The number of carbonyl (C=O) groups excluding carboxylic acids is 1. The highest BCUT2D eigenvalue weighted by Crippen LogP contribution is 2.00. The molecule has 1 amide bonds. The predicted octanol–water partition coefficient (Wildman–Crippen LogP) is -0.452. The van der Waals surface area contributed by atoms with Gasteiger partial charge in [-0.2, -0.15) is 0 Å². The summed E-state index contributed by atoms with van der Waals surface area (Å²) in [6.45, 7) is 1.74. The molecule has 7 nitrogen and oxygen atoms in total. The maximum atomic E-state index is 11.3. The van der Waals surface area contributed by atoms with Crippen LogP contribution in [0.3, 0.4) is 0 Å². The van der Waals surface area contributed by atoms with Gasteiger partial charge in [-0.1, -0.05) is 0 Å². The third-order valence-corrected chi connectivity index (χ3v) is 2.11. The number of hydrogen-bond acceptors (Lipinski definition) is 4. The van der Waals surface area contributed by atoms with Crippen molar-refractivity contribution in [1.82, 2.24) is 5.32 Å². The van der Waals surface area contributed by atoms with Crippen molar-refractivity contribution in [2.45, 2.75) is 44.7 Å². The van der Waals surface area contributed by atoms with Gasteiger partial charge in [0.1, 0.15) is 6.04 Å². The monoisotopic (exact) mass is 246 g/mol. The van der Waals surface area contributed by atoms with Crippen LogP contribution in [0.5, 0.6) is 0 Å². The summed E-state index contributed by atoms with van der Waals surface area (Å²) in [6, 6.07) is -1.30. The molecule has 0 heterocycles. The van der Waals surface area contributed by atoms with Crippen LogP contribution >= 0.6 is 0 Å². The van der Waals surface area contributed by atoms with Crippen molar-refractivity contribution in [2.75, 3.05) is 0 Å². The molecule has 0 spiro atoms. The topological polar surface area (TPSA) is 130 Å². The predicted molar refractivity (Wildman–Crippen MR) is 59.3 cm³/mol. The molecule has 7 heteroatoms. The van der Waals surface area contributed by atoms with Crippen LogP contribution < -0.4 is 11.1 Å². The van der Waals surface area contributed by atoms with Gasteiger partial charge in [0.25, 0.3) is 0 Å². The third-order valence-electron chi connectivity index (χ3n) is 2.11. The van der Waals surface area contributed by atoms with E-state index in [4.69, 9.17) is 15.9 Å². The standard InChI is InChI=1S/C10H18N2O5/c1-6(11)2-4-8(13)12-7(10(16)17)3-5-9(14)15/h6-7H,2-5,11H2,1H3,(H,12,13)(H,14,15)(H,16,17). The first kappa shape index (κ1) is 15.4. The number of carboxylic acids is 2. The van der Waals surface area contributed by atoms with Crippen LogP contribution in [0.4, 0.5) is 0 Å². The molecule has 0 aliphatic heterocycles. The second-order valence-corrected chi connectivity index (χ2v) is 3.91. The van der Waals surface area contributed by atoms with Crippen LogP contribution in [0.2, 0.25) is 0 Å². The molecule has 0 aromatic carbocycles. The van der Waals surface area contributed by atoms with E-state index in [1.165, 1.54) is 0 Å². The summed E-state index contributed by atoms with van der Waals surface area (Å²) in [7, 11) is 0. The Morgan fingerprint density at radius 3 is 2.18 bits per heavy atom. The Hall–Kier alpha value is -1.63. The Bertz CT molecular complexity index is 290. The van der Waals surface area contributed by atoms with Gasteiger partial charge in [-0.15, -0.1) is 0 Å². The largest absolute Gasteiger partial charge is 0.481 e. The first-order chi connectivity index (χ1) is 7.82. The summed E-state index contributed by atoms with van der Waals surface area (Å²) >= 11 is 0. The van der Waals surface area contributed by atoms with Gasteiger partial charge in [0.2, 0.25) is 5.91 Å². The Balaban J connectivity index is 4.11. The van der Waals surface area contributed by atoms with Crippen LogP contribution in [-0.4, -0.2) is 40.1 Å². The van der Waals surface area contributed by atoms with Gasteiger partial charge in [0.05, 0.1) is 0 Å². The summed E-state index contributed by atoms with van der Waals surface area (Å²) in [5.74, 6) is -2.76. The Kier molecular flexibility index (Phi) is 6.88. The fraction of sp³-hybridized carbons (Fsp3) is 0.700. The summed E-state index contributed by atoms with van der Waals surface area (Å²) in [6.07, 6.45) is 0.157. The van der Waals surface area contributed by atoms with Gasteiger partial charge >= 0.3 is 11.9 Å². The quantitative estimate of drug-likeness (QED) is 0.459. The Labute approximate surface area is 99.0 Å². The smallest absolute Gasteiger partial charge is 0.326 e. The SMILES string of the molecule is CC(N)CCC(=O)NC(CCC(=O)O)C(=O)O. The zero-order chi connectivity index (χ0) is 13.4. The van der Waals surface area contributed by atoms with E-state index in [1.54, 1.807) is 6.92 Å². The van der Waals surface area contributed by atoms with Gasteiger partial charge in [-0.25, -0.2) is 4.79 Å². The maximum absolute atomic E-state index is 11.3. The van der Waals surface area contributed by atoms with E-state index in [0.717, 1.165) is 0 Å². The number of amides is 1. The van der Waals surface area contributed by atoms with Crippen molar-refractivity contribution >= 4 is 17.8 Å². The molecule has 17 heavy (non-hydrogen) atoms. The lowest BCUT2D eigenvalue weighted by Crippen LogP contribution is -2.41. The van der Waals surface area contributed by atoms with Crippen LogP contribution in [0.1, 0.15) is 32.6 Å². The minimum atomic E-state index is -1.24. The van der Waals surface area contributed by atoms with Gasteiger partial charge < -0.3 is 21.3 Å². The van der Waals surface area contributed by atoms with E-state index in [1.807, 2.05) is 0 Å². The van der Waals surface area contributed by atoms with E-state index >= 15 is 0 Å². The Morgan fingerprint density at radius 2 is 1.76 bits per heavy atom. The molecule has 0 bridgehead atoms. The number of nitrogens with two attached hydrogens (primary N) is 1. The van der Waals surface area contributed by atoms with Crippen LogP contribution in [0.25, 0.3) is 0 Å². The number of nitrogens with one attached hydrogen (secondary N) is 1. The summed E-state index contributed by atoms with van der Waals surface area (Å²) in [5.41, 5.74) is 5.46. The molecule has 0 saturated carbocycles. The molecule has 0 aromatic rings. The molecule has 0 aliphatic carbocycles. The molecule has 0 aromatic heterocycles. The lowest BCUT2D eigenvalue weighted by molar-refractivity contribution is -0.143. The molecule has 98 valence electrons. The second kappa shape index (κ2) is 7.61. The number of carbonyl (C=O) groups is 3. The lowest BCUT2D eigenvalue weighted by atomic mass is 10.1. The van der Waals surface area contributed by atoms with E-state index in [-0.39, 0.29) is 25.3 Å². The van der Waals surface area contributed by atoms with Gasteiger partial charge in [0, 0.05) is 18.9 Å². The van der Waals surface area contributed by atoms with Gasteiger partial charge in [0.15, 0.2) is 0 Å². The molecule has 0 saturated heterocycles. The number of rotatable bonds is 8. The van der Waals surface area contributed by atoms with Gasteiger partial charge in [-0.3, -0.25) is 9.59 Å². The highest BCUT2D eigenvalue weighted by molar-refractivity contribution is 5.83. The van der Waals surface area contributed by atoms with Crippen LogP contribution in [0.15, 0.2) is 0 Å². The molecule has 5 N–H and O–H groups in total. The minimum absolute atomic E-state index is 0.130. The molecule has 0 aliphatic rings. The summed E-state index contributed by atoms with van der Waals surface area (Å²) < 4.78 is 0. The first-order valence-electron chi connectivity index (χ1n) is 5.32. The van der Waals surface area contributed by atoms with Crippen LogP contribution in [0, 0.1) is 0 Å². The normalized spacial score (nSPS) is 13.8. The average Bonchev–Trinajstić information content (AvgIpc) is 2.20. The molecule has 0 fully saturated rings. The van der Waals surface area contributed by atoms with Crippen molar-refractivity contribution in [1.29, 1.82) is 0 Å². The third kappa shape index (κ3) is 8.21. The van der Waals surface area contributed by atoms with Crippen LogP contribution in [-0.2, 0) is 14.4 Å². The zero-order valence-corrected chi connectivity index (χ0v) is 9.68. The molecule has 0 radical (unpaired) electrons. The molecular formula is C10H18N2O5. The number of hydrogen-bond donors (Lipinski definition) is 4. The highest BCUT2D eigenvalue weighted by Gasteiger charge is 2.20. The molecule has 2 unspecified atom stereocenters. The Morgan fingerprint density at radius 1 is 1.18 bits per heavy atom. The summed E-state index contributed by atoms with van der Waals surface area (Å²) in [4.78, 5) is 32.4. The number of carboxylic acid groups (broad SMARTS) is 2. The highest BCUT2D eigenvalue weighted by atomic mass is 16.4. The van der Waals surface area contributed by atoms with Crippen molar-refractivity contribution in [3.63, 3.8) is 0 Å². The fourth-order valence-corrected chi connectivity index (χ4v) is 1.15. The maximum Gasteiger partial charge on any atom is 0.326 e.